The maximum absolute atomic E-state index is 13.1. The van der Waals surface area contributed by atoms with Gasteiger partial charge in [0.1, 0.15) is 0 Å². The molecule has 1 aliphatic rings. The molecule has 7 heteroatoms. The summed E-state index contributed by atoms with van der Waals surface area (Å²) in [7, 11) is -3.64. The van der Waals surface area contributed by atoms with Crippen LogP contribution in [0.5, 0.6) is 0 Å². The van der Waals surface area contributed by atoms with Crippen molar-refractivity contribution in [1.82, 2.24) is 9.62 Å². The number of carbonyl (C=O) groups excluding carboxylic acids is 1. The second-order valence-electron chi connectivity index (χ2n) is 10.4. The summed E-state index contributed by atoms with van der Waals surface area (Å²) < 4.78 is 27.3. The van der Waals surface area contributed by atoms with Crippen molar-refractivity contribution in [2.75, 3.05) is 13.1 Å². The highest BCUT2D eigenvalue weighted by atomic mass is 32.2. The molecule has 1 heterocycles. The topological polar surface area (TPSA) is 90.3 Å². The fraction of sp³-hybridized carbons (Fsp3) is 0.481. The van der Waals surface area contributed by atoms with Gasteiger partial charge < -0.3 is 5.32 Å². The van der Waals surface area contributed by atoms with Crippen molar-refractivity contribution in [2.45, 2.75) is 63.8 Å². The van der Waals surface area contributed by atoms with Crippen molar-refractivity contribution < 1.29 is 13.2 Å². The first-order chi connectivity index (χ1) is 15.9. The Hall–Kier alpha value is -2.69. The minimum atomic E-state index is -3.64. The first-order valence-corrected chi connectivity index (χ1v) is 13.3. The Morgan fingerprint density at radius 2 is 1.59 bits per heavy atom. The molecule has 1 amide bonds. The van der Waals surface area contributed by atoms with Crippen molar-refractivity contribution in [3.05, 3.63) is 65.2 Å². The Bertz CT molecular complexity index is 1130. The normalized spacial score (nSPS) is 16.7. The maximum Gasteiger partial charge on any atom is 0.243 e. The number of piperidine rings is 1. The molecule has 6 nitrogen and oxygen atoms in total. The van der Waals surface area contributed by atoms with E-state index >= 15 is 0 Å². The van der Waals surface area contributed by atoms with Gasteiger partial charge in [-0.1, -0.05) is 58.9 Å². The van der Waals surface area contributed by atoms with Crippen LogP contribution >= 0.6 is 0 Å². The molecule has 1 unspecified atom stereocenters. The summed E-state index contributed by atoms with van der Waals surface area (Å²) >= 11 is 0. The summed E-state index contributed by atoms with van der Waals surface area (Å²) in [4.78, 5) is 13.3. The lowest BCUT2D eigenvalue weighted by Crippen LogP contribution is -2.44. The van der Waals surface area contributed by atoms with Gasteiger partial charge in [-0.15, -0.1) is 0 Å². The lowest BCUT2D eigenvalue weighted by Gasteiger charge is -2.32. The van der Waals surface area contributed by atoms with Gasteiger partial charge in [0.05, 0.1) is 22.6 Å². The average Bonchev–Trinajstić information content (AvgIpc) is 2.82. The van der Waals surface area contributed by atoms with Crippen LogP contribution in [0.3, 0.4) is 0 Å². The van der Waals surface area contributed by atoms with Gasteiger partial charge in [-0.05, 0) is 59.6 Å². The van der Waals surface area contributed by atoms with Crippen molar-refractivity contribution in [2.24, 2.45) is 11.8 Å². The zero-order valence-electron chi connectivity index (χ0n) is 20.7. The number of hydrogen-bond donors (Lipinski definition) is 1. The molecule has 1 aliphatic heterocycles. The molecule has 2 aromatic rings. The molecule has 2 aromatic carbocycles. The quantitative estimate of drug-likeness (QED) is 0.643. The predicted octanol–water partition coefficient (Wildman–Crippen LogP) is 4.77. The smallest absolute Gasteiger partial charge is 0.243 e. The first-order valence-electron chi connectivity index (χ1n) is 11.8. The monoisotopic (exact) mass is 481 g/mol. The van der Waals surface area contributed by atoms with E-state index in [0.29, 0.717) is 31.5 Å². The highest BCUT2D eigenvalue weighted by Gasteiger charge is 2.33. The van der Waals surface area contributed by atoms with E-state index in [2.05, 4.69) is 64.2 Å². The second-order valence-corrected chi connectivity index (χ2v) is 12.4. The van der Waals surface area contributed by atoms with Crippen LogP contribution in [0.25, 0.3) is 0 Å². The summed E-state index contributed by atoms with van der Waals surface area (Å²) in [6, 6.07) is 16.3. The van der Waals surface area contributed by atoms with Gasteiger partial charge in [0.25, 0.3) is 0 Å². The summed E-state index contributed by atoms with van der Waals surface area (Å²) in [6.07, 6.45) is 0.963. The summed E-state index contributed by atoms with van der Waals surface area (Å²) in [6.45, 7) is 11.3. The summed E-state index contributed by atoms with van der Waals surface area (Å²) in [5.74, 6) is -0.0159. The average molecular weight is 482 g/mol. The maximum atomic E-state index is 13.1. The largest absolute Gasteiger partial charge is 0.349 e. The minimum absolute atomic E-state index is 0.0194. The standard InChI is InChI=1S/C27H35N3O3S/c1-19(2)25(21-8-10-23(11-9-21)27(3,4)5)29-26(31)22-14-16-30(17-15-22)34(32,33)24-12-6-20(18-28)7-13-24/h6-13,19,22,25H,14-17H2,1-5H3,(H,29,31). The third-order valence-corrected chi connectivity index (χ3v) is 8.46. The van der Waals surface area contributed by atoms with E-state index in [9.17, 15) is 13.2 Å². The fourth-order valence-corrected chi connectivity index (χ4v) is 5.78. The van der Waals surface area contributed by atoms with E-state index in [-0.39, 0.29) is 34.1 Å². The number of nitriles is 1. The molecule has 0 aromatic heterocycles. The number of hydrogen-bond acceptors (Lipinski definition) is 4. The third-order valence-electron chi connectivity index (χ3n) is 6.55. The highest BCUT2D eigenvalue weighted by Crippen LogP contribution is 2.29. The van der Waals surface area contributed by atoms with E-state index < -0.39 is 10.0 Å². The minimum Gasteiger partial charge on any atom is -0.349 e. The van der Waals surface area contributed by atoms with Crippen molar-refractivity contribution in [3.63, 3.8) is 0 Å². The molecule has 1 saturated heterocycles. The van der Waals surface area contributed by atoms with E-state index in [1.165, 1.54) is 34.1 Å². The molecule has 1 N–H and O–H groups in total. The molecule has 0 aliphatic carbocycles. The second kappa shape index (κ2) is 10.3. The Labute approximate surface area is 204 Å². The van der Waals surface area contributed by atoms with Gasteiger partial charge >= 0.3 is 0 Å². The van der Waals surface area contributed by atoms with Gasteiger partial charge in [0.15, 0.2) is 0 Å². The lowest BCUT2D eigenvalue weighted by molar-refractivity contribution is -0.127. The molecule has 3 rings (SSSR count). The molecule has 1 fully saturated rings. The van der Waals surface area contributed by atoms with Gasteiger partial charge in [-0.25, -0.2) is 8.42 Å². The van der Waals surface area contributed by atoms with Crippen molar-refractivity contribution in [3.8, 4) is 6.07 Å². The number of amides is 1. The summed E-state index contributed by atoms with van der Waals surface area (Å²) in [5.41, 5.74) is 2.82. The molecule has 1 atom stereocenters. The third kappa shape index (κ3) is 5.86. The molecular formula is C27H35N3O3S. The SMILES string of the molecule is CC(C)C(NC(=O)C1CCN(S(=O)(=O)c2ccc(C#N)cc2)CC1)c1ccc(C(C)(C)C)cc1. The van der Waals surface area contributed by atoms with Crippen LogP contribution in [-0.2, 0) is 20.2 Å². The van der Waals surface area contributed by atoms with Crippen molar-refractivity contribution >= 4 is 15.9 Å². The van der Waals surface area contributed by atoms with Gasteiger partial charge in [0.2, 0.25) is 15.9 Å². The number of benzene rings is 2. The fourth-order valence-electron chi connectivity index (χ4n) is 4.31. The Morgan fingerprint density at radius 1 is 1.03 bits per heavy atom. The van der Waals surface area contributed by atoms with Gasteiger partial charge in [-0.3, -0.25) is 4.79 Å². The number of nitrogens with zero attached hydrogens (tertiary/aromatic N) is 2. The van der Waals surface area contributed by atoms with E-state index in [4.69, 9.17) is 5.26 Å². The number of nitrogens with one attached hydrogen (secondary N) is 1. The molecule has 0 radical (unpaired) electrons. The lowest BCUT2D eigenvalue weighted by atomic mass is 9.85. The van der Waals surface area contributed by atoms with E-state index in [1.54, 1.807) is 0 Å². The number of sulfonamides is 1. The molecule has 182 valence electrons. The highest BCUT2D eigenvalue weighted by molar-refractivity contribution is 7.89. The molecule has 0 saturated carbocycles. The van der Waals surface area contributed by atoms with Crippen LogP contribution < -0.4 is 5.32 Å². The zero-order valence-corrected chi connectivity index (χ0v) is 21.5. The zero-order chi connectivity index (χ0) is 25.1. The van der Waals surface area contributed by atoms with Gasteiger partial charge in [-0.2, -0.15) is 9.57 Å². The summed E-state index contributed by atoms with van der Waals surface area (Å²) in [5, 5.41) is 12.1. The number of rotatable bonds is 6. The molecule has 34 heavy (non-hydrogen) atoms. The first kappa shape index (κ1) is 25.9. The number of carbonyl (C=O) groups is 1. The van der Waals surface area contributed by atoms with Crippen LogP contribution in [0, 0.1) is 23.2 Å². The Balaban J connectivity index is 1.64. The Kier molecular flexibility index (Phi) is 7.84. The van der Waals surface area contributed by atoms with Gasteiger partial charge in [0, 0.05) is 19.0 Å². The van der Waals surface area contributed by atoms with Crippen molar-refractivity contribution in [1.29, 1.82) is 5.26 Å². The Morgan fingerprint density at radius 3 is 2.06 bits per heavy atom. The predicted molar refractivity (Wildman–Crippen MR) is 134 cm³/mol. The van der Waals surface area contributed by atoms with E-state index in [1.807, 2.05) is 6.07 Å². The molecule has 0 bridgehead atoms. The molecular weight excluding hydrogens is 446 g/mol. The van der Waals surface area contributed by atoms with Crippen LogP contribution in [-0.4, -0.2) is 31.7 Å². The van der Waals surface area contributed by atoms with E-state index in [0.717, 1.165) is 5.56 Å². The van der Waals surface area contributed by atoms with Crippen LogP contribution in [0.2, 0.25) is 0 Å². The van der Waals surface area contributed by atoms with Crippen LogP contribution in [0.15, 0.2) is 53.4 Å². The molecule has 0 spiro atoms. The van der Waals surface area contributed by atoms with Crippen LogP contribution in [0.4, 0.5) is 0 Å². The van der Waals surface area contributed by atoms with Crippen LogP contribution in [0.1, 0.15) is 70.2 Å².